The van der Waals surface area contributed by atoms with Gasteiger partial charge in [-0.25, -0.2) is 18.4 Å². The van der Waals surface area contributed by atoms with Gasteiger partial charge in [-0.1, -0.05) is 0 Å². The van der Waals surface area contributed by atoms with Crippen molar-refractivity contribution in [2.24, 2.45) is 0 Å². The van der Waals surface area contributed by atoms with Crippen molar-refractivity contribution in [3.05, 3.63) is 29.6 Å². The highest BCUT2D eigenvalue weighted by Crippen LogP contribution is 2.22. The smallest absolute Gasteiger partial charge is 0.154 e. The molecule has 0 N–H and O–H groups in total. The zero-order valence-electron chi connectivity index (χ0n) is 11.8. The van der Waals surface area contributed by atoms with Crippen LogP contribution in [0, 0.1) is 11.6 Å². The Kier molecular flexibility index (Phi) is 3.99. The second-order valence-corrected chi connectivity index (χ2v) is 5.67. The van der Waals surface area contributed by atoms with Gasteiger partial charge < -0.3 is 9.91 Å². The second kappa shape index (κ2) is 5.77. The number of benzene rings is 1. The van der Waals surface area contributed by atoms with Crippen LogP contribution >= 0.6 is 11.6 Å². The third-order valence-electron chi connectivity index (χ3n) is 3.80. The van der Waals surface area contributed by atoms with Crippen molar-refractivity contribution in [2.75, 3.05) is 44.1 Å². The van der Waals surface area contributed by atoms with Crippen LogP contribution in [0.3, 0.4) is 0 Å². The van der Waals surface area contributed by atoms with Gasteiger partial charge in [-0.2, -0.15) is 0 Å². The van der Waals surface area contributed by atoms with E-state index in [0.717, 1.165) is 32.2 Å². The van der Waals surface area contributed by atoms with E-state index in [0.29, 0.717) is 23.6 Å². The molecule has 4 nitrogen and oxygen atoms in total. The van der Waals surface area contributed by atoms with Crippen LogP contribution in [-0.4, -0.2) is 53.7 Å². The highest BCUT2D eigenvalue weighted by molar-refractivity contribution is 6.17. The quantitative estimate of drug-likeness (QED) is 0.810. The molecular formula is C14H17ClF2N4. The predicted molar refractivity (Wildman–Crippen MR) is 79.5 cm³/mol. The Labute approximate surface area is 126 Å². The first-order valence-corrected chi connectivity index (χ1v) is 7.49. The number of alkyl halides is 1. The maximum atomic E-state index is 13.9. The van der Waals surface area contributed by atoms with Crippen molar-refractivity contribution in [1.82, 2.24) is 14.6 Å². The number of imidazole rings is 1. The number of piperazine rings is 1. The third kappa shape index (κ3) is 2.70. The van der Waals surface area contributed by atoms with Crippen molar-refractivity contribution < 1.29 is 8.78 Å². The number of aromatic nitrogens is 2. The first kappa shape index (κ1) is 14.5. The van der Waals surface area contributed by atoms with E-state index in [-0.39, 0.29) is 5.52 Å². The largest absolute Gasteiger partial charge is 0.308 e. The molecule has 0 spiro atoms. The van der Waals surface area contributed by atoms with Gasteiger partial charge >= 0.3 is 0 Å². The Morgan fingerprint density at radius 1 is 1.19 bits per heavy atom. The molecule has 2 heterocycles. The summed E-state index contributed by atoms with van der Waals surface area (Å²) in [4.78, 5) is 6.54. The van der Waals surface area contributed by atoms with Crippen LogP contribution < -0.4 is 5.01 Å². The van der Waals surface area contributed by atoms with E-state index in [1.807, 2.05) is 4.68 Å². The lowest BCUT2D eigenvalue weighted by Crippen LogP contribution is -2.50. The molecule has 7 heteroatoms. The molecule has 1 fully saturated rings. The van der Waals surface area contributed by atoms with E-state index in [4.69, 9.17) is 11.6 Å². The number of rotatable bonds is 3. The Balaban J connectivity index is 2.11. The second-order valence-electron chi connectivity index (χ2n) is 5.29. The van der Waals surface area contributed by atoms with Crippen LogP contribution in [0.15, 0.2) is 12.1 Å². The maximum Gasteiger partial charge on any atom is 0.154 e. The van der Waals surface area contributed by atoms with Crippen molar-refractivity contribution >= 4 is 22.6 Å². The van der Waals surface area contributed by atoms with Crippen LogP contribution in [-0.2, 0) is 6.42 Å². The zero-order chi connectivity index (χ0) is 15.0. The van der Waals surface area contributed by atoms with Crippen molar-refractivity contribution in [2.45, 2.75) is 6.42 Å². The standard InChI is InChI=1S/C14H17ClF2N4/c1-19-4-6-20(7-5-19)21-12-9-10(16)8-11(17)14(12)18-13(21)2-3-15/h8-9H,2-7H2,1H3. The van der Waals surface area contributed by atoms with E-state index in [1.54, 1.807) is 0 Å². The summed E-state index contributed by atoms with van der Waals surface area (Å²) >= 11 is 5.82. The summed E-state index contributed by atoms with van der Waals surface area (Å²) in [6.07, 6.45) is 0.517. The van der Waals surface area contributed by atoms with E-state index in [9.17, 15) is 8.78 Å². The summed E-state index contributed by atoms with van der Waals surface area (Å²) in [5.74, 6) is -0.156. The fraction of sp³-hybridized carbons (Fsp3) is 0.500. The Morgan fingerprint density at radius 2 is 1.90 bits per heavy atom. The summed E-state index contributed by atoms with van der Waals surface area (Å²) < 4.78 is 29.3. The first-order chi connectivity index (χ1) is 10.1. The monoisotopic (exact) mass is 314 g/mol. The molecule has 114 valence electrons. The van der Waals surface area contributed by atoms with Crippen LogP contribution in [0.5, 0.6) is 0 Å². The number of likely N-dealkylation sites (N-methyl/N-ethyl adjacent to an activating group) is 1. The predicted octanol–water partition coefficient (Wildman–Crippen LogP) is 1.98. The number of nitrogens with zero attached hydrogens (tertiary/aromatic N) is 4. The average molecular weight is 315 g/mol. The van der Waals surface area contributed by atoms with Crippen molar-refractivity contribution in [3.63, 3.8) is 0 Å². The molecule has 1 aromatic heterocycles. The van der Waals surface area contributed by atoms with Crippen LogP contribution in [0.25, 0.3) is 11.0 Å². The van der Waals surface area contributed by atoms with Gasteiger partial charge in [-0.15, -0.1) is 11.6 Å². The van der Waals surface area contributed by atoms with Crippen molar-refractivity contribution in [3.8, 4) is 0 Å². The molecule has 21 heavy (non-hydrogen) atoms. The lowest BCUT2D eigenvalue weighted by Gasteiger charge is -2.35. The summed E-state index contributed by atoms with van der Waals surface area (Å²) in [6.45, 7) is 3.38. The minimum Gasteiger partial charge on any atom is -0.308 e. The molecule has 1 saturated heterocycles. The van der Waals surface area contributed by atoms with Gasteiger partial charge in [0.05, 0.1) is 5.52 Å². The highest BCUT2D eigenvalue weighted by atomic mass is 35.5. The molecule has 1 aromatic carbocycles. The van der Waals surface area contributed by atoms with Gasteiger partial charge in [0.2, 0.25) is 0 Å². The topological polar surface area (TPSA) is 24.3 Å². The van der Waals surface area contributed by atoms with Crippen LogP contribution in [0.2, 0.25) is 0 Å². The lowest BCUT2D eigenvalue weighted by atomic mass is 10.3. The molecule has 3 rings (SSSR count). The fourth-order valence-corrected chi connectivity index (χ4v) is 2.87. The van der Waals surface area contributed by atoms with Crippen LogP contribution in [0.1, 0.15) is 5.82 Å². The van der Waals surface area contributed by atoms with Gasteiger partial charge in [0.15, 0.2) is 5.82 Å². The maximum absolute atomic E-state index is 13.9. The summed E-state index contributed by atoms with van der Waals surface area (Å²) in [7, 11) is 2.06. The molecule has 0 bridgehead atoms. The van der Waals surface area contributed by atoms with Gasteiger partial charge in [0.25, 0.3) is 0 Å². The minimum absolute atomic E-state index is 0.204. The number of aryl methyl sites for hydroxylation is 1. The highest BCUT2D eigenvalue weighted by Gasteiger charge is 2.22. The van der Waals surface area contributed by atoms with E-state index in [2.05, 4.69) is 21.9 Å². The normalized spacial score (nSPS) is 16.9. The fourth-order valence-electron chi connectivity index (χ4n) is 2.70. The van der Waals surface area contributed by atoms with E-state index in [1.165, 1.54) is 6.07 Å². The molecule has 1 aliphatic rings. The SMILES string of the molecule is CN1CCN(n2c(CCCl)nc3c(F)cc(F)cc32)CC1. The van der Waals surface area contributed by atoms with E-state index >= 15 is 0 Å². The Hall–Kier alpha value is -1.40. The number of hydrogen-bond donors (Lipinski definition) is 0. The molecule has 0 radical (unpaired) electrons. The third-order valence-corrected chi connectivity index (χ3v) is 3.99. The molecule has 0 amide bonds. The molecule has 2 aromatic rings. The van der Waals surface area contributed by atoms with Gasteiger partial charge in [0, 0.05) is 50.6 Å². The van der Waals surface area contributed by atoms with Gasteiger partial charge in [-0.3, -0.25) is 0 Å². The van der Waals surface area contributed by atoms with Crippen molar-refractivity contribution in [1.29, 1.82) is 0 Å². The number of halogens is 3. The molecule has 0 saturated carbocycles. The summed E-state index contributed by atoms with van der Waals surface area (Å²) in [5.41, 5.74) is 0.674. The minimum atomic E-state index is -0.631. The molecule has 1 aliphatic heterocycles. The van der Waals surface area contributed by atoms with Gasteiger partial charge in [0.1, 0.15) is 17.2 Å². The number of fused-ring (bicyclic) bond motifs is 1. The zero-order valence-corrected chi connectivity index (χ0v) is 12.6. The van der Waals surface area contributed by atoms with Crippen LogP contribution in [0.4, 0.5) is 8.78 Å². The van der Waals surface area contributed by atoms with E-state index < -0.39 is 11.6 Å². The lowest BCUT2D eigenvalue weighted by molar-refractivity contribution is 0.287. The summed E-state index contributed by atoms with van der Waals surface area (Å²) in [5, 5.41) is 2.08. The molecule has 0 unspecified atom stereocenters. The Bertz CT molecular complexity index is 650. The average Bonchev–Trinajstić information content (AvgIpc) is 2.79. The number of hydrogen-bond acceptors (Lipinski definition) is 3. The summed E-state index contributed by atoms with van der Waals surface area (Å²) in [6, 6.07) is 2.20. The molecule has 0 aliphatic carbocycles. The first-order valence-electron chi connectivity index (χ1n) is 6.96. The van der Waals surface area contributed by atoms with Gasteiger partial charge in [-0.05, 0) is 7.05 Å². The molecular weight excluding hydrogens is 298 g/mol. The Morgan fingerprint density at radius 3 is 2.57 bits per heavy atom. The molecule has 0 atom stereocenters.